The fourth-order valence-electron chi connectivity index (χ4n) is 1.80. The summed E-state index contributed by atoms with van der Waals surface area (Å²) in [5.41, 5.74) is 3.71. The minimum atomic E-state index is 0.697. The van der Waals surface area contributed by atoms with Crippen LogP contribution >= 0.6 is 23.3 Å². The summed E-state index contributed by atoms with van der Waals surface area (Å²) in [7, 11) is 0. The van der Waals surface area contributed by atoms with Gasteiger partial charge < -0.3 is 0 Å². The predicted molar refractivity (Wildman–Crippen MR) is 75.8 cm³/mol. The first-order valence-corrected chi connectivity index (χ1v) is 6.60. The van der Waals surface area contributed by atoms with Gasteiger partial charge in [0.05, 0.1) is 16.8 Å². The highest BCUT2D eigenvalue weighted by atomic mass is 35.5. The molecule has 88 valence electrons. The molecule has 0 aliphatic carbocycles. The van der Waals surface area contributed by atoms with Crippen LogP contribution in [0.4, 0.5) is 0 Å². The van der Waals surface area contributed by atoms with Gasteiger partial charge in [0.15, 0.2) is 0 Å². The maximum atomic E-state index is 6.21. The van der Waals surface area contributed by atoms with Gasteiger partial charge in [0.1, 0.15) is 11.4 Å². The molecule has 4 heteroatoms. The molecule has 0 bridgehead atoms. The third-order valence-electron chi connectivity index (χ3n) is 2.66. The fourth-order valence-corrected chi connectivity index (χ4v) is 2.61. The van der Waals surface area contributed by atoms with Crippen molar-refractivity contribution in [2.24, 2.45) is 0 Å². The minimum absolute atomic E-state index is 0.697. The third kappa shape index (κ3) is 2.03. The van der Waals surface area contributed by atoms with Crippen molar-refractivity contribution in [2.45, 2.75) is 0 Å². The summed E-state index contributed by atoms with van der Waals surface area (Å²) < 4.78 is 8.75. The average molecular weight is 273 g/mol. The molecule has 1 aromatic heterocycles. The van der Waals surface area contributed by atoms with E-state index in [1.54, 1.807) is 0 Å². The molecule has 0 saturated carbocycles. The Morgan fingerprint density at radius 1 is 0.778 bits per heavy atom. The molecule has 3 rings (SSSR count). The molecule has 0 radical (unpaired) electrons. The zero-order valence-corrected chi connectivity index (χ0v) is 10.9. The summed E-state index contributed by atoms with van der Waals surface area (Å²) in [6.45, 7) is 0. The van der Waals surface area contributed by atoms with Crippen molar-refractivity contribution >= 4 is 23.3 Å². The summed E-state index contributed by atoms with van der Waals surface area (Å²) in [6.07, 6.45) is 0. The third-order valence-corrected chi connectivity index (χ3v) is 3.52. The molecule has 3 aromatic rings. The molecule has 0 unspecified atom stereocenters. The van der Waals surface area contributed by atoms with Gasteiger partial charge in [0.25, 0.3) is 0 Å². The van der Waals surface area contributed by atoms with E-state index in [0.29, 0.717) is 5.02 Å². The zero-order valence-electron chi connectivity index (χ0n) is 9.38. The lowest BCUT2D eigenvalue weighted by molar-refractivity contribution is 1.47. The number of aromatic nitrogens is 2. The highest BCUT2D eigenvalue weighted by molar-refractivity contribution is 6.99. The summed E-state index contributed by atoms with van der Waals surface area (Å²) in [6, 6.07) is 17.7. The van der Waals surface area contributed by atoms with Gasteiger partial charge in [0, 0.05) is 11.1 Å². The predicted octanol–water partition coefficient (Wildman–Crippen LogP) is 4.53. The van der Waals surface area contributed by atoms with E-state index >= 15 is 0 Å². The highest BCUT2D eigenvalue weighted by Crippen LogP contribution is 2.33. The first-order valence-electron chi connectivity index (χ1n) is 5.49. The first kappa shape index (κ1) is 11.4. The second kappa shape index (κ2) is 4.88. The second-order valence-corrected chi connectivity index (χ2v) is 4.74. The van der Waals surface area contributed by atoms with Crippen LogP contribution in [-0.4, -0.2) is 8.75 Å². The molecule has 0 aliphatic heterocycles. The fraction of sp³-hybridized carbons (Fsp3) is 0. The van der Waals surface area contributed by atoms with E-state index in [9.17, 15) is 0 Å². The summed E-state index contributed by atoms with van der Waals surface area (Å²) in [4.78, 5) is 0. The smallest absolute Gasteiger partial charge is 0.114 e. The number of hydrogen-bond donors (Lipinski definition) is 0. The number of hydrogen-bond acceptors (Lipinski definition) is 3. The Morgan fingerprint density at radius 2 is 1.44 bits per heavy atom. The lowest BCUT2D eigenvalue weighted by atomic mass is 10.1. The van der Waals surface area contributed by atoms with Crippen molar-refractivity contribution in [2.75, 3.05) is 0 Å². The van der Waals surface area contributed by atoms with Crippen LogP contribution in [0.1, 0.15) is 0 Å². The van der Waals surface area contributed by atoms with E-state index in [2.05, 4.69) is 8.75 Å². The van der Waals surface area contributed by atoms with Crippen molar-refractivity contribution in [1.82, 2.24) is 8.75 Å². The molecule has 0 N–H and O–H groups in total. The quantitative estimate of drug-likeness (QED) is 0.685. The van der Waals surface area contributed by atoms with Gasteiger partial charge in [-0.15, -0.1) is 0 Å². The largest absolute Gasteiger partial charge is 0.172 e. The minimum Gasteiger partial charge on any atom is -0.172 e. The van der Waals surface area contributed by atoms with Gasteiger partial charge in [-0.2, -0.15) is 8.75 Å². The van der Waals surface area contributed by atoms with Gasteiger partial charge in [-0.25, -0.2) is 0 Å². The van der Waals surface area contributed by atoms with E-state index in [-0.39, 0.29) is 0 Å². The molecule has 2 nitrogen and oxygen atoms in total. The van der Waals surface area contributed by atoms with Crippen LogP contribution in [0.15, 0.2) is 54.6 Å². The molecule has 1 heterocycles. The first-order chi connectivity index (χ1) is 8.86. The van der Waals surface area contributed by atoms with Crippen LogP contribution in [-0.2, 0) is 0 Å². The Hall–Kier alpha value is -1.71. The normalized spacial score (nSPS) is 10.5. The van der Waals surface area contributed by atoms with Crippen molar-refractivity contribution in [3.63, 3.8) is 0 Å². The topological polar surface area (TPSA) is 25.8 Å². The average Bonchev–Trinajstić information content (AvgIpc) is 2.89. The molecule has 0 fully saturated rings. The van der Waals surface area contributed by atoms with Crippen molar-refractivity contribution in [3.8, 4) is 22.5 Å². The lowest BCUT2D eigenvalue weighted by Gasteiger charge is -2.03. The Labute approximate surface area is 114 Å². The molecular weight excluding hydrogens is 264 g/mol. The maximum Gasteiger partial charge on any atom is 0.114 e. The second-order valence-electron chi connectivity index (χ2n) is 3.81. The molecule has 0 spiro atoms. The van der Waals surface area contributed by atoms with Crippen LogP contribution in [0.2, 0.25) is 5.02 Å². The molecule has 0 atom stereocenters. The Balaban J connectivity index is 2.16. The molecular formula is C14H9ClN2S. The van der Waals surface area contributed by atoms with Crippen LogP contribution in [0.5, 0.6) is 0 Å². The van der Waals surface area contributed by atoms with Crippen LogP contribution in [0, 0.1) is 0 Å². The van der Waals surface area contributed by atoms with E-state index < -0.39 is 0 Å². The van der Waals surface area contributed by atoms with Crippen molar-refractivity contribution < 1.29 is 0 Å². The molecule has 2 aromatic carbocycles. The zero-order chi connectivity index (χ0) is 12.4. The lowest BCUT2D eigenvalue weighted by Crippen LogP contribution is -1.84. The Kier molecular flexibility index (Phi) is 3.09. The summed E-state index contributed by atoms with van der Waals surface area (Å²) in [5.74, 6) is 0. The molecule has 18 heavy (non-hydrogen) atoms. The molecule has 0 amide bonds. The van der Waals surface area contributed by atoms with E-state index in [1.807, 2.05) is 54.6 Å². The van der Waals surface area contributed by atoms with E-state index in [0.717, 1.165) is 22.5 Å². The van der Waals surface area contributed by atoms with Gasteiger partial charge >= 0.3 is 0 Å². The number of benzene rings is 2. The number of nitrogens with zero attached hydrogens (tertiary/aromatic N) is 2. The van der Waals surface area contributed by atoms with Crippen molar-refractivity contribution in [1.29, 1.82) is 0 Å². The van der Waals surface area contributed by atoms with Crippen LogP contribution in [0.3, 0.4) is 0 Å². The van der Waals surface area contributed by atoms with Gasteiger partial charge in [0.2, 0.25) is 0 Å². The summed E-state index contributed by atoms with van der Waals surface area (Å²) >= 11 is 7.42. The van der Waals surface area contributed by atoms with E-state index in [1.165, 1.54) is 11.7 Å². The highest BCUT2D eigenvalue weighted by Gasteiger charge is 2.14. The van der Waals surface area contributed by atoms with Gasteiger partial charge in [-0.05, 0) is 6.07 Å². The monoisotopic (exact) mass is 272 g/mol. The Bertz CT molecular complexity index is 664. The Morgan fingerprint density at radius 3 is 2.22 bits per heavy atom. The standard InChI is InChI=1S/C14H9ClN2S/c15-12-9-5-4-8-11(12)14-13(16-18-17-14)10-6-2-1-3-7-10/h1-9H. The maximum absolute atomic E-state index is 6.21. The van der Waals surface area contributed by atoms with Crippen molar-refractivity contribution in [3.05, 3.63) is 59.6 Å². The molecule has 0 aliphatic rings. The SMILES string of the molecule is Clc1ccccc1-c1nsnc1-c1ccccc1. The van der Waals surface area contributed by atoms with E-state index in [4.69, 9.17) is 11.6 Å². The van der Waals surface area contributed by atoms with Crippen LogP contribution in [0.25, 0.3) is 22.5 Å². The number of rotatable bonds is 2. The van der Waals surface area contributed by atoms with Gasteiger partial charge in [-0.3, -0.25) is 0 Å². The van der Waals surface area contributed by atoms with Gasteiger partial charge in [-0.1, -0.05) is 60.1 Å². The number of halogens is 1. The summed E-state index contributed by atoms with van der Waals surface area (Å²) in [5, 5.41) is 0.697. The molecule has 0 saturated heterocycles. The van der Waals surface area contributed by atoms with Crippen LogP contribution < -0.4 is 0 Å².